The van der Waals surface area contributed by atoms with Gasteiger partial charge < -0.3 is 25.8 Å². The summed E-state index contributed by atoms with van der Waals surface area (Å²) in [5.74, 6) is -0.119. The number of piperazine rings is 1. The van der Waals surface area contributed by atoms with E-state index in [-0.39, 0.29) is 17.9 Å². The van der Waals surface area contributed by atoms with Crippen LogP contribution in [-0.4, -0.2) is 73.6 Å². The lowest BCUT2D eigenvalue weighted by molar-refractivity contribution is -0.123. The summed E-state index contributed by atoms with van der Waals surface area (Å²) >= 11 is 0. The molecule has 3 amide bonds. The van der Waals surface area contributed by atoms with Crippen LogP contribution in [0, 0.1) is 5.92 Å². The second-order valence-corrected chi connectivity index (χ2v) is 7.96. The highest BCUT2D eigenvalue weighted by Gasteiger charge is 2.24. The van der Waals surface area contributed by atoms with E-state index in [4.69, 9.17) is 0 Å². The van der Waals surface area contributed by atoms with Crippen LogP contribution in [0.2, 0.25) is 0 Å². The van der Waals surface area contributed by atoms with E-state index in [1.165, 1.54) is 0 Å². The minimum atomic E-state index is -0.555. The third-order valence-corrected chi connectivity index (χ3v) is 5.38. The number of carbonyl (C=O) groups is 2. The minimum Gasteiger partial charge on any atom is -0.354 e. The number of hydrogen-bond donors (Lipinski definition) is 3. The first-order chi connectivity index (χ1) is 14.0. The van der Waals surface area contributed by atoms with Crippen molar-refractivity contribution in [2.75, 3.05) is 51.1 Å². The minimum absolute atomic E-state index is 0.00591. The number of amides is 3. The van der Waals surface area contributed by atoms with Crippen molar-refractivity contribution in [1.29, 1.82) is 0 Å². The van der Waals surface area contributed by atoms with Gasteiger partial charge >= 0.3 is 6.03 Å². The maximum absolute atomic E-state index is 12.5. The molecule has 1 aliphatic heterocycles. The number of para-hydroxylation sites is 1. The predicted molar refractivity (Wildman–Crippen MR) is 118 cm³/mol. The molecule has 1 aliphatic rings. The van der Waals surface area contributed by atoms with Crippen molar-refractivity contribution < 1.29 is 9.59 Å². The quantitative estimate of drug-likeness (QED) is 0.524. The molecule has 2 rings (SSSR count). The van der Waals surface area contributed by atoms with E-state index >= 15 is 0 Å². The Hall–Kier alpha value is -2.12. The highest BCUT2D eigenvalue weighted by atomic mass is 16.2. The molecule has 29 heavy (non-hydrogen) atoms. The fourth-order valence-corrected chi connectivity index (χ4v) is 3.48. The Bertz CT molecular complexity index is 615. The number of nitrogens with zero attached hydrogens (tertiary/aromatic N) is 2. The van der Waals surface area contributed by atoms with Gasteiger partial charge in [0, 0.05) is 38.4 Å². The van der Waals surface area contributed by atoms with Crippen molar-refractivity contribution in [3.05, 3.63) is 30.3 Å². The Morgan fingerprint density at radius 3 is 2.28 bits per heavy atom. The van der Waals surface area contributed by atoms with E-state index in [2.05, 4.69) is 32.7 Å². The van der Waals surface area contributed by atoms with Crippen LogP contribution in [0.3, 0.4) is 0 Å². The maximum atomic E-state index is 12.5. The van der Waals surface area contributed by atoms with Gasteiger partial charge in [-0.05, 0) is 44.0 Å². The second kappa shape index (κ2) is 12.4. The average molecular weight is 404 g/mol. The Morgan fingerprint density at radius 2 is 1.66 bits per heavy atom. The van der Waals surface area contributed by atoms with Gasteiger partial charge in [-0.25, -0.2) is 4.79 Å². The van der Waals surface area contributed by atoms with Gasteiger partial charge in [0.1, 0.15) is 6.04 Å². The molecule has 7 heteroatoms. The van der Waals surface area contributed by atoms with Gasteiger partial charge in [-0.3, -0.25) is 4.79 Å². The molecule has 0 saturated carbocycles. The maximum Gasteiger partial charge on any atom is 0.319 e. The van der Waals surface area contributed by atoms with E-state index in [1.54, 1.807) is 0 Å². The lowest BCUT2D eigenvalue weighted by atomic mass is 10.0. The normalized spacial score (nSPS) is 16.4. The number of benzene rings is 1. The van der Waals surface area contributed by atoms with Crippen molar-refractivity contribution in [3.8, 4) is 0 Å². The monoisotopic (exact) mass is 403 g/mol. The van der Waals surface area contributed by atoms with Crippen LogP contribution in [-0.2, 0) is 4.79 Å². The van der Waals surface area contributed by atoms with Gasteiger partial charge in [0.2, 0.25) is 5.91 Å². The number of nitrogens with one attached hydrogen (secondary N) is 3. The number of carbonyl (C=O) groups excluding carboxylic acids is 2. The third-order valence-electron chi connectivity index (χ3n) is 5.38. The molecular formula is C22H37N5O2. The van der Waals surface area contributed by atoms with E-state index < -0.39 is 6.04 Å². The SMILES string of the molecule is CCN1CCN(CCCCNC(=O)C(NC(=O)Nc2ccccc2)C(C)C)CC1. The summed E-state index contributed by atoms with van der Waals surface area (Å²) < 4.78 is 0. The molecule has 0 radical (unpaired) electrons. The van der Waals surface area contributed by atoms with Gasteiger partial charge in [-0.15, -0.1) is 0 Å². The first-order valence-electron chi connectivity index (χ1n) is 10.8. The summed E-state index contributed by atoms with van der Waals surface area (Å²) in [6.07, 6.45) is 2.02. The zero-order valence-electron chi connectivity index (χ0n) is 18.1. The largest absolute Gasteiger partial charge is 0.354 e. The van der Waals surface area contributed by atoms with E-state index in [0.29, 0.717) is 12.2 Å². The molecule has 0 spiro atoms. The molecule has 0 aromatic heterocycles. The zero-order chi connectivity index (χ0) is 21.1. The molecule has 1 heterocycles. The van der Waals surface area contributed by atoms with Gasteiger partial charge in [-0.2, -0.15) is 0 Å². The number of urea groups is 1. The van der Waals surface area contributed by atoms with Crippen LogP contribution < -0.4 is 16.0 Å². The van der Waals surface area contributed by atoms with Crippen molar-refractivity contribution in [1.82, 2.24) is 20.4 Å². The van der Waals surface area contributed by atoms with Crippen LogP contribution >= 0.6 is 0 Å². The number of anilines is 1. The summed E-state index contributed by atoms with van der Waals surface area (Å²) in [7, 11) is 0. The Balaban J connectivity index is 1.65. The lowest BCUT2D eigenvalue weighted by Gasteiger charge is -2.34. The van der Waals surface area contributed by atoms with Gasteiger partial charge in [0.25, 0.3) is 0 Å². The first-order valence-corrected chi connectivity index (χ1v) is 10.8. The van der Waals surface area contributed by atoms with E-state index in [0.717, 1.165) is 52.1 Å². The molecule has 3 N–H and O–H groups in total. The molecule has 7 nitrogen and oxygen atoms in total. The fraction of sp³-hybridized carbons (Fsp3) is 0.636. The van der Waals surface area contributed by atoms with Crippen LogP contribution in [0.25, 0.3) is 0 Å². The average Bonchev–Trinajstić information content (AvgIpc) is 2.72. The van der Waals surface area contributed by atoms with E-state index in [9.17, 15) is 9.59 Å². The van der Waals surface area contributed by atoms with Crippen LogP contribution in [0.5, 0.6) is 0 Å². The molecule has 0 aliphatic carbocycles. The summed E-state index contributed by atoms with van der Waals surface area (Å²) in [4.78, 5) is 29.7. The number of rotatable bonds is 10. The number of unbranched alkanes of at least 4 members (excludes halogenated alkanes) is 1. The molecule has 1 fully saturated rings. The Kier molecular flexibility index (Phi) is 9.94. The van der Waals surface area contributed by atoms with Gasteiger partial charge in [0.15, 0.2) is 0 Å². The standard InChI is InChI=1S/C22H37N5O2/c1-4-26-14-16-27(17-15-26)13-9-8-12-23-21(28)20(18(2)3)25-22(29)24-19-10-6-5-7-11-19/h5-7,10-11,18,20H,4,8-9,12-17H2,1-3H3,(H,23,28)(H2,24,25,29). The molecule has 0 bridgehead atoms. The molecule has 162 valence electrons. The Morgan fingerprint density at radius 1 is 1.00 bits per heavy atom. The molecule has 1 aromatic rings. The van der Waals surface area contributed by atoms with Crippen molar-refractivity contribution in [2.45, 2.75) is 39.7 Å². The van der Waals surface area contributed by atoms with Crippen LogP contribution in [0.1, 0.15) is 33.6 Å². The molecular weight excluding hydrogens is 366 g/mol. The number of hydrogen-bond acceptors (Lipinski definition) is 4. The lowest BCUT2D eigenvalue weighted by Crippen LogP contribution is -2.51. The molecule has 1 atom stereocenters. The van der Waals surface area contributed by atoms with E-state index in [1.807, 2.05) is 44.2 Å². The van der Waals surface area contributed by atoms with Crippen molar-refractivity contribution in [2.24, 2.45) is 5.92 Å². The zero-order valence-corrected chi connectivity index (χ0v) is 18.1. The van der Waals surface area contributed by atoms with Crippen molar-refractivity contribution >= 4 is 17.6 Å². The number of likely N-dealkylation sites (N-methyl/N-ethyl adjacent to an activating group) is 1. The second-order valence-electron chi connectivity index (χ2n) is 7.96. The van der Waals surface area contributed by atoms with Gasteiger partial charge in [-0.1, -0.05) is 39.0 Å². The summed E-state index contributed by atoms with van der Waals surface area (Å²) in [5.41, 5.74) is 0.702. The molecule has 1 aromatic carbocycles. The first kappa shape index (κ1) is 23.2. The summed E-state index contributed by atoms with van der Waals surface area (Å²) in [5, 5.41) is 8.53. The van der Waals surface area contributed by atoms with Gasteiger partial charge in [0.05, 0.1) is 0 Å². The smallest absolute Gasteiger partial charge is 0.319 e. The highest BCUT2D eigenvalue weighted by molar-refractivity contribution is 5.93. The predicted octanol–water partition coefficient (Wildman–Crippen LogP) is 2.37. The topological polar surface area (TPSA) is 76.7 Å². The molecule has 1 saturated heterocycles. The molecule has 1 unspecified atom stereocenters. The van der Waals surface area contributed by atoms with Crippen molar-refractivity contribution in [3.63, 3.8) is 0 Å². The summed E-state index contributed by atoms with van der Waals surface area (Å²) in [6, 6.07) is 8.30. The Labute approximate surface area is 175 Å². The van der Waals surface area contributed by atoms with Crippen LogP contribution in [0.4, 0.5) is 10.5 Å². The van der Waals surface area contributed by atoms with Crippen LogP contribution in [0.15, 0.2) is 30.3 Å². The third kappa shape index (κ3) is 8.41. The fourth-order valence-electron chi connectivity index (χ4n) is 3.48. The highest BCUT2D eigenvalue weighted by Crippen LogP contribution is 2.07. The summed E-state index contributed by atoms with van der Waals surface area (Å²) in [6.45, 7) is 13.5.